The van der Waals surface area contributed by atoms with Crippen molar-refractivity contribution in [3.63, 3.8) is 0 Å². The number of benzene rings is 2. The molecule has 0 saturated carbocycles. The number of carbonyl (C=O) groups is 1. The van der Waals surface area contributed by atoms with Crippen LogP contribution in [0.2, 0.25) is 0 Å². The van der Waals surface area contributed by atoms with Crippen LogP contribution in [0.1, 0.15) is 63.5 Å². The van der Waals surface area contributed by atoms with Gasteiger partial charge in [-0.25, -0.2) is 4.98 Å². The molecule has 0 spiro atoms. The molecule has 31 heavy (non-hydrogen) atoms. The van der Waals surface area contributed by atoms with E-state index in [1.54, 1.807) is 0 Å². The Bertz CT molecular complexity index is 1050. The van der Waals surface area contributed by atoms with E-state index in [2.05, 4.69) is 41.9 Å². The Morgan fingerprint density at radius 2 is 1.87 bits per heavy atom. The molecule has 0 aliphatic heterocycles. The van der Waals surface area contributed by atoms with E-state index in [9.17, 15) is 4.79 Å². The number of rotatable bonds is 8. The van der Waals surface area contributed by atoms with E-state index in [0.717, 1.165) is 42.0 Å². The van der Waals surface area contributed by atoms with Crippen molar-refractivity contribution in [2.75, 3.05) is 6.61 Å². The Balaban J connectivity index is 1.66. The first-order valence-electron chi connectivity index (χ1n) is 11.1. The van der Waals surface area contributed by atoms with Crippen LogP contribution in [0.3, 0.4) is 0 Å². The van der Waals surface area contributed by atoms with Crippen LogP contribution in [0.25, 0.3) is 11.0 Å². The number of nitrogens with zero attached hydrogens (tertiary/aromatic N) is 2. The maximum atomic E-state index is 12.5. The minimum Gasteiger partial charge on any atom is -0.493 e. The highest BCUT2D eigenvalue weighted by molar-refractivity contribution is 5.82. The van der Waals surface area contributed by atoms with Crippen LogP contribution >= 0.6 is 0 Å². The van der Waals surface area contributed by atoms with E-state index in [-0.39, 0.29) is 11.9 Å². The van der Waals surface area contributed by atoms with E-state index in [1.807, 2.05) is 52.0 Å². The predicted molar refractivity (Wildman–Crippen MR) is 126 cm³/mol. The number of aryl methyl sites for hydroxylation is 3. The lowest BCUT2D eigenvalue weighted by Crippen LogP contribution is -2.37. The van der Waals surface area contributed by atoms with Crippen LogP contribution in [-0.2, 0) is 11.3 Å². The van der Waals surface area contributed by atoms with Gasteiger partial charge in [0, 0.05) is 12.0 Å². The highest BCUT2D eigenvalue weighted by atomic mass is 16.5. The molecule has 1 amide bonds. The van der Waals surface area contributed by atoms with Gasteiger partial charge < -0.3 is 14.6 Å². The summed E-state index contributed by atoms with van der Waals surface area (Å²) in [5.74, 6) is 1.88. The summed E-state index contributed by atoms with van der Waals surface area (Å²) in [5.41, 5.74) is 4.05. The van der Waals surface area contributed by atoms with Gasteiger partial charge in [-0.3, -0.25) is 4.79 Å². The van der Waals surface area contributed by atoms with Crippen molar-refractivity contribution in [3.05, 3.63) is 59.4 Å². The average molecular weight is 422 g/mol. The molecule has 0 saturated heterocycles. The smallest absolute Gasteiger partial charge is 0.225 e. The Morgan fingerprint density at radius 3 is 2.58 bits per heavy atom. The number of nitrogens with one attached hydrogen (secondary N) is 1. The summed E-state index contributed by atoms with van der Waals surface area (Å²) in [6.07, 6.45) is 1.92. The number of unbranched alkanes of at least 4 members (excludes halogenated alkanes) is 1. The van der Waals surface area contributed by atoms with Gasteiger partial charge in [-0.2, -0.15) is 0 Å². The quantitative estimate of drug-likeness (QED) is 0.472. The highest BCUT2D eigenvalue weighted by Gasteiger charge is 2.25. The third-order valence-corrected chi connectivity index (χ3v) is 5.46. The number of hydrogen-bond donors (Lipinski definition) is 1. The van der Waals surface area contributed by atoms with Crippen molar-refractivity contribution < 1.29 is 9.53 Å². The van der Waals surface area contributed by atoms with Crippen LogP contribution in [-0.4, -0.2) is 22.1 Å². The summed E-state index contributed by atoms with van der Waals surface area (Å²) >= 11 is 0. The zero-order valence-electron chi connectivity index (χ0n) is 19.7. The largest absolute Gasteiger partial charge is 0.493 e. The maximum absolute atomic E-state index is 12.5. The molecule has 1 N–H and O–H groups in total. The third kappa shape index (κ3) is 5.66. The molecule has 1 unspecified atom stereocenters. The number of carbonyl (C=O) groups excluding carboxylic acids is 1. The average Bonchev–Trinajstić information content (AvgIpc) is 3.07. The van der Waals surface area contributed by atoms with Crippen molar-refractivity contribution in [2.45, 2.75) is 67.0 Å². The monoisotopic (exact) mass is 421 g/mol. The SMILES string of the molecule is Cc1ccc(OCCCCn2c(C(C)NC(=O)C(C)(C)C)nc3ccccc32)c(C)c1. The second kappa shape index (κ2) is 9.54. The van der Waals surface area contributed by atoms with Crippen molar-refractivity contribution in [1.29, 1.82) is 0 Å². The van der Waals surface area contributed by atoms with Gasteiger partial charge in [-0.15, -0.1) is 0 Å². The molecule has 1 heterocycles. The topological polar surface area (TPSA) is 56.1 Å². The van der Waals surface area contributed by atoms with E-state index in [4.69, 9.17) is 9.72 Å². The number of hydrogen-bond acceptors (Lipinski definition) is 3. The van der Waals surface area contributed by atoms with Crippen molar-refractivity contribution in [1.82, 2.24) is 14.9 Å². The molecular formula is C26H35N3O2. The Labute approximate surface area is 185 Å². The number of aromatic nitrogens is 2. The fourth-order valence-corrected chi connectivity index (χ4v) is 3.65. The van der Waals surface area contributed by atoms with Gasteiger partial charge in [-0.05, 0) is 57.4 Å². The lowest BCUT2D eigenvalue weighted by Gasteiger charge is -2.22. The molecule has 2 aromatic carbocycles. The van der Waals surface area contributed by atoms with Crippen molar-refractivity contribution >= 4 is 16.9 Å². The minimum atomic E-state index is -0.434. The Morgan fingerprint density at radius 1 is 1.13 bits per heavy atom. The molecule has 166 valence electrons. The summed E-state index contributed by atoms with van der Waals surface area (Å²) in [6, 6.07) is 14.3. The summed E-state index contributed by atoms with van der Waals surface area (Å²) in [6.45, 7) is 13.5. The van der Waals surface area contributed by atoms with Gasteiger partial charge >= 0.3 is 0 Å². The minimum absolute atomic E-state index is 0.0282. The fourth-order valence-electron chi connectivity index (χ4n) is 3.65. The number of ether oxygens (including phenoxy) is 1. The summed E-state index contributed by atoms with van der Waals surface area (Å²) in [5, 5.41) is 3.12. The van der Waals surface area contributed by atoms with E-state index in [1.165, 1.54) is 11.1 Å². The second-order valence-electron chi connectivity index (χ2n) is 9.38. The van der Waals surface area contributed by atoms with Gasteiger partial charge in [-0.1, -0.05) is 50.6 Å². The molecule has 5 heteroatoms. The number of amides is 1. The van der Waals surface area contributed by atoms with Gasteiger partial charge in [0.2, 0.25) is 5.91 Å². The van der Waals surface area contributed by atoms with Crippen LogP contribution in [0.5, 0.6) is 5.75 Å². The molecule has 5 nitrogen and oxygen atoms in total. The molecule has 1 atom stereocenters. The van der Waals surface area contributed by atoms with Crippen LogP contribution in [0, 0.1) is 19.3 Å². The zero-order chi connectivity index (χ0) is 22.6. The molecule has 0 fully saturated rings. The predicted octanol–water partition coefficient (Wildman–Crippen LogP) is 5.74. The van der Waals surface area contributed by atoms with Gasteiger partial charge in [0.25, 0.3) is 0 Å². The summed E-state index contributed by atoms with van der Waals surface area (Å²) < 4.78 is 8.22. The van der Waals surface area contributed by atoms with Crippen LogP contribution in [0.4, 0.5) is 0 Å². The normalized spacial score (nSPS) is 12.7. The summed E-state index contributed by atoms with van der Waals surface area (Å²) in [4.78, 5) is 17.3. The van der Waals surface area contributed by atoms with Gasteiger partial charge in [0.1, 0.15) is 11.6 Å². The molecule has 1 aromatic heterocycles. The molecular weight excluding hydrogens is 386 g/mol. The lowest BCUT2D eigenvalue weighted by atomic mass is 9.95. The molecule has 3 rings (SSSR count). The molecule has 0 bridgehead atoms. The van der Waals surface area contributed by atoms with Crippen molar-refractivity contribution in [3.8, 4) is 5.75 Å². The first-order valence-corrected chi connectivity index (χ1v) is 11.1. The zero-order valence-corrected chi connectivity index (χ0v) is 19.7. The molecule has 0 aliphatic carbocycles. The second-order valence-corrected chi connectivity index (χ2v) is 9.38. The van der Waals surface area contributed by atoms with E-state index < -0.39 is 5.41 Å². The van der Waals surface area contributed by atoms with E-state index >= 15 is 0 Å². The van der Waals surface area contributed by atoms with Crippen LogP contribution in [0.15, 0.2) is 42.5 Å². The standard InChI is InChI=1S/C26H35N3O2/c1-18-13-14-23(19(2)17-18)31-16-10-9-15-29-22-12-8-7-11-21(22)28-24(29)20(3)27-25(30)26(4,5)6/h7-8,11-14,17,20H,9-10,15-16H2,1-6H3,(H,27,30). The van der Waals surface area contributed by atoms with Crippen LogP contribution < -0.4 is 10.1 Å². The number of para-hydroxylation sites is 2. The third-order valence-electron chi connectivity index (χ3n) is 5.46. The molecule has 0 radical (unpaired) electrons. The number of imidazole rings is 1. The van der Waals surface area contributed by atoms with Crippen molar-refractivity contribution in [2.24, 2.45) is 5.41 Å². The molecule has 3 aromatic rings. The lowest BCUT2D eigenvalue weighted by molar-refractivity contribution is -0.129. The van der Waals surface area contributed by atoms with E-state index in [0.29, 0.717) is 6.61 Å². The Hall–Kier alpha value is -2.82. The highest BCUT2D eigenvalue weighted by Crippen LogP contribution is 2.24. The maximum Gasteiger partial charge on any atom is 0.225 e. The first-order chi connectivity index (χ1) is 14.7. The fraction of sp³-hybridized carbons (Fsp3) is 0.462. The van der Waals surface area contributed by atoms with Gasteiger partial charge in [0.15, 0.2) is 0 Å². The first kappa shape index (κ1) is 22.9. The van der Waals surface area contributed by atoms with Gasteiger partial charge in [0.05, 0.1) is 23.7 Å². The molecule has 0 aliphatic rings. The Kier molecular flexibility index (Phi) is 7.04. The summed E-state index contributed by atoms with van der Waals surface area (Å²) in [7, 11) is 0. The number of fused-ring (bicyclic) bond motifs is 1.